The first kappa shape index (κ1) is 17.9. The molecule has 0 unspecified atom stereocenters. The van der Waals surface area contributed by atoms with Crippen LogP contribution in [0.4, 0.5) is 0 Å². The Morgan fingerprint density at radius 2 is 1.96 bits per heavy atom. The number of thioether (sulfide) groups is 1. The summed E-state index contributed by atoms with van der Waals surface area (Å²) in [7, 11) is 1.62. The number of benzene rings is 2. The Labute approximate surface area is 156 Å². The van der Waals surface area contributed by atoms with Gasteiger partial charge >= 0.3 is 0 Å². The molecule has 5 nitrogen and oxygen atoms in total. The predicted octanol–water partition coefficient (Wildman–Crippen LogP) is 3.80. The van der Waals surface area contributed by atoms with Crippen LogP contribution in [-0.2, 0) is 6.54 Å². The maximum Gasteiger partial charge on any atom is 0.255 e. The predicted molar refractivity (Wildman–Crippen MR) is 103 cm³/mol. The Kier molecular flexibility index (Phi) is 5.86. The number of nitrogens with zero attached hydrogens (tertiary/aromatic N) is 2. The van der Waals surface area contributed by atoms with E-state index in [1.165, 1.54) is 11.8 Å². The molecule has 0 saturated carbocycles. The van der Waals surface area contributed by atoms with E-state index in [4.69, 9.17) is 4.74 Å². The third-order valence-electron chi connectivity index (χ3n) is 3.83. The van der Waals surface area contributed by atoms with Crippen molar-refractivity contribution in [1.29, 1.82) is 0 Å². The first-order valence-corrected chi connectivity index (χ1v) is 9.31. The van der Waals surface area contributed by atoms with Gasteiger partial charge < -0.3 is 10.1 Å². The van der Waals surface area contributed by atoms with Crippen LogP contribution in [0.5, 0.6) is 5.75 Å². The van der Waals surface area contributed by atoms with Gasteiger partial charge in [-0.2, -0.15) is 0 Å². The summed E-state index contributed by atoms with van der Waals surface area (Å²) in [5.41, 5.74) is 2.93. The van der Waals surface area contributed by atoms with Gasteiger partial charge in [-0.15, -0.1) is 0 Å². The molecule has 0 saturated heterocycles. The molecule has 3 aromatic rings. The molecule has 132 valence electrons. The summed E-state index contributed by atoms with van der Waals surface area (Å²) in [4.78, 5) is 21.5. The van der Waals surface area contributed by atoms with E-state index >= 15 is 0 Å². The molecule has 1 heterocycles. The number of methoxy groups -OCH3 is 1. The van der Waals surface area contributed by atoms with Crippen molar-refractivity contribution >= 4 is 17.7 Å². The van der Waals surface area contributed by atoms with E-state index in [1.807, 2.05) is 60.9 Å². The maximum absolute atomic E-state index is 12.7. The Morgan fingerprint density at radius 3 is 2.69 bits per heavy atom. The highest BCUT2D eigenvalue weighted by molar-refractivity contribution is 7.98. The Hall–Kier alpha value is -2.86. The van der Waals surface area contributed by atoms with Crippen molar-refractivity contribution in [3.8, 4) is 17.0 Å². The van der Waals surface area contributed by atoms with Crippen molar-refractivity contribution in [3.05, 3.63) is 71.9 Å². The van der Waals surface area contributed by atoms with E-state index < -0.39 is 0 Å². The Bertz CT molecular complexity index is 901. The number of nitrogens with one attached hydrogen (secondary N) is 1. The smallest absolute Gasteiger partial charge is 0.255 e. The van der Waals surface area contributed by atoms with Gasteiger partial charge in [0.2, 0.25) is 0 Å². The van der Waals surface area contributed by atoms with Gasteiger partial charge in [0.05, 0.1) is 18.4 Å². The fraction of sp³-hybridized carbons (Fsp3) is 0.150. The lowest BCUT2D eigenvalue weighted by molar-refractivity contribution is 0.0950. The lowest BCUT2D eigenvalue weighted by atomic mass is 10.1. The van der Waals surface area contributed by atoms with E-state index in [0.717, 1.165) is 16.9 Å². The summed E-state index contributed by atoms with van der Waals surface area (Å²) < 4.78 is 5.21. The highest BCUT2D eigenvalue weighted by atomic mass is 32.2. The molecular weight excluding hydrogens is 346 g/mol. The first-order chi connectivity index (χ1) is 12.7. The summed E-state index contributed by atoms with van der Waals surface area (Å²) in [6.45, 7) is 0.397. The maximum atomic E-state index is 12.7. The van der Waals surface area contributed by atoms with Gasteiger partial charge in [0.25, 0.3) is 5.91 Å². The zero-order chi connectivity index (χ0) is 18.4. The largest absolute Gasteiger partial charge is 0.497 e. The summed E-state index contributed by atoms with van der Waals surface area (Å²) in [5, 5.41) is 3.57. The minimum Gasteiger partial charge on any atom is -0.497 e. The van der Waals surface area contributed by atoms with Crippen LogP contribution < -0.4 is 10.1 Å². The fourth-order valence-electron chi connectivity index (χ4n) is 2.51. The number of carbonyl (C=O) groups excluding carboxylic acids is 1. The Morgan fingerprint density at radius 1 is 1.15 bits per heavy atom. The van der Waals surface area contributed by atoms with Crippen LogP contribution in [0.15, 0.2) is 66.0 Å². The van der Waals surface area contributed by atoms with Crippen LogP contribution in [0.25, 0.3) is 11.3 Å². The quantitative estimate of drug-likeness (QED) is 0.532. The SMILES string of the molecule is COc1cccc(CNC(=O)c2cnc(SC)nc2-c2ccccc2)c1. The minimum absolute atomic E-state index is 0.209. The zero-order valence-corrected chi connectivity index (χ0v) is 15.4. The molecule has 0 aliphatic carbocycles. The van der Waals surface area contributed by atoms with Crippen molar-refractivity contribution in [2.75, 3.05) is 13.4 Å². The summed E-state index contributed by atoms with van der Waals surface area (Å²) in [6.07, 6.45) is 3.49. The summed E-state index contributed by atoms with van der Waals surface area (Å²) in [5.74, 6) is 0.550. The first-order valence-electron chi connectivity index (χ1n) is 8.09. The number of hydrogen-bond acceptors (Lipinski definition) is 5. The molecule has 26 heavy (non-hydrogen) atoms. The monoisotopic (exact) mass is 365 g/mol. The molecule has 1 aromatic heterocycles. The van der Waals surface area contributed by atoms with Crippen LogP contribution in [0.1, 0.15) is 15.9 Å². The van der Waals surface area contributed by atoms with Crippen molar-refractivity contribution in [2.24, 2.45) is 0 Å². The fourth-order valence-corrected chi connectivity index (χ4v) is 2.85. The van der Waals surface area contributed by atoms with Gasteiger partial charge in [-0.1, -0.05) is 54.2 Å². The molecule has 1 N–H and O–H groups in total. The third-order valence-corrected chi connectivity index (χ3v) is 4.39. The molecule has 0 aliphatic rings. The van der Waals surface area contributed by atoms with Crippen LogP contribution >= 0.6 is 11.8 Å². The number of rotatable bonds is 6. The van der Waals surface area contributed by atoms with Gasteiger partial charge in [0.15, 0.2) is 5.16 Å². The molecule has 0 bridgehead atoms. The van der Waals surface area contributed by atoms with Crippen LogP contribution in [-0.4, -0.2) is 29.2 Å². The lowest BCUT2D eigenvalue weighted by Crippen LogP contribution is -2.24. The standard InChI is InChI=1S/C20H19N3O2S/c1-25-16-10-6-7-14(11-16)12-21-19(24)17-13-22-20(26-2)23-18(17)15-8-4-3-5-9-15/h3-11,13H,12H2,1-2H3,(H,21,24). The number of amides is 1. The molecule has 1 amide bonds. The van der Waals surface area contributed by atoms with Gasteiger partial charge in [0, 0.05) is 18.3 Å². The van der Waals surface area contributed by atoms with E-state index in [-0.39, 0.29) is 5.91 Å². The van der Waals surface area contributed by atoms with E-state index in [9.17, 15) is 4.79 Å². The normalized spacial score (nSPS) is 10.4. The highest BCUT2D eigenvalue weighted by Gasteiger charge is 2.16. The molecular formula is C20H19N3O2S. The summed E-state index contributed by atoms with van der Waals surface area (Å²) >= 11 is 1.44. The average molecular weight is 365 g/mol. The van der Waals surface area contributed by atoms with Crippen molar-refractivity contribution in [2.45, 2.75) is 11.7 Å². The van der Waals surface area contributed by atoms with Crippen molar-refractivity contribution in [1.82, 2.24) is 15.3 Å². The molecule has 0 fully saturated rings. The Balaban J connectivity index is 1.84. The number of hydrogen-bond donors (Lipinski definition) is 1. The summed E-state index contributed by atoms with van der Waals surface area (Å²) in [6, 6.07) is 17.3. The van der Waals surface area contributed by atoms with Gasteiger partial charge in [-0.25, -0.2) is 9.97 Å². The van der Waals surface area contributed by atoms with Gasteiger partial charge in [0.1, 0.15) is 5.75 Å². The number of ether oxygens (including phenoxy) is 1. The molecule has 0 atom stereocenters. The van der Waals surface area contributed by atoms with Crippen LogP contribution in [0.2, 0.25) is 0 Å². The molecule has 0 aliphatic heterocycles. The lowest BCUT2D eigenvalue weighted by Gasteiger charge is -2.11. The van der Waals surface area contributed by atoms with Crippen molar-refractivity contribution < 1.29 is 9.53 Å². The van der Waals surface area contributed by atoms with Crippen LogP contribution in [0.3, 0.4) is 0 Å². The van der Waals surface area contributed by atoms with E-state index in [1.54, 1.807) is 13.3 Å². The molecule has 2 aromatic carbocycles. The van der Waals surface area contributed by atoms with E-state index in [0.29, 0.717) is 23.0 Å². The average Bonchev–Trinajstić information content (AvgIpc) is 2.72. The second-order valence-corrected chi connectivity index (χ2v) is 6.29. The minimum atomic E-state index is -0.209. The number of carbonyl (C=O) groups is 1. The highest BCUT2D eigenvalue weighted by Crippen LogP contribution is 2.23. The number of aromatic nitrogens is 2. The molecule has 6 heteroatoms. The zero-order valence-electron chi connectivity index (χ0n) is 14.6. The topological polar surface area (TPSA) is 64.1 Å². The van der Waals surface area contributed by atoms with E-state index in [2.05, 4.69) is 15.3 Å². The molecule has 0 radical (unpaired) electrons. The van der Waals surface area contributed by atoms with Crippen LogP contribution in [0, 0.1) is 0 Å². The molecule has 0 spiro atoms. The third kappa shape index (κ3) is 4.21. The molecule has 3 rings (SSSR count). The second kappa shape index (κ2) is 8.49. The van der Waals surface area contributed by atoms with Gasteiger partial charge in [-0.3, -0.25) is 4.79 Å². The van der Waals surface area contributed by atoms with Crippen molar-refractivity contribution in [3.63, 3.8) is 0 Å². The van der Waals surface area contributed by atoms with Gasteiger partial charge in [-0.05, 0) is 24.0 Å². The second-order valence-electron chi connectivity index (χ2n) is 5.52.